The van der Waals surface area contributed by atoms with Crippen molar-refractivity contribution in [2.45, 2.75) is 19.4 Å². The van der Waals surface area contributed by atoms with Crippen molar-refractivity contribution in [2.24, 2.45) is 0 Å². The highest BCUT2D eigenvalue weighted by atomic mass is 16.2. The third kappa shape index (κ3) is 4.28. The van der Waals surface area contributed by atoms with E-state index in [0.29, 0.717) is 5.82 Å². The fourth-order valence-corrected chi connectivity index (χ4v) is 7.23. The van der Waals surface area contributed by atoms with E-state index >= 15 is 0 Å². The van der Waals surface area contributed by atoms with Crippen molar-refractivity contribution in [3.05, 3.63) is 169 Å². The summed E-state index contributed by atoms with van der Waals surface area (Å²) in [4.78, 5) is 21.4. The molecule has 1 aliphatic heterocycles. The molecule has 3 nitrogen and oxygen atoms in total. The van der Waals surface area contributed by atoms with Crippen LogP contribution in [-0.4, -0.2) is 10.9 Å². The number of anilines is 1. The number of hydrogen-bond acceptors (Lipinski definition) is 2. The van der Waals surface area contributed by atoms with Crippen LogP contribution in [-0.2, 0) is 5.54 Å². The Morgan fingerprint density at radius 2 is 0.935 bits per heavy atom. The molecule has 0 radical (unpaired) electrons. The molecule has 1 aliphatic rings. The second-order valence-electron chi connectivity index (χ2n) is 12.3. The van der Waals surface area contributed by atoms with E-state index < -0.39 is 5.54 Å². The van der Waals surface area contributed by atoms with Gasteiger partial charge in [0.15, 0.2) is 0 Å². The van der Waals surface area contributed by atoms with Crippen molar-refractivity contribution < 1.29 is 4.79 Å². The molecule has 1 aromatic heterocycles. The Bertz CT molecular complexity index is 2230. The van der Waals surface area contributed by atoms with Crippen LogP contribution in [0.5, 0.6) is 0 Å². The fraction of sp³-hybridized carbons (Fsp3) is 0.0698. The lowest BCUT2D eigenvalue weighted by Crippen LogP contribution is -2.40. The number of carbonyl (C=O) groups excluding carboxylic acids is 1. The van der Waals surface area contributed by atoms with E-state index in [-0.39, 0.29) is 5.91 Å². The lowest BCUT2D eigenvalue weighted by Gasteiger charge is -2.34. The van der Waals surface area contributed by atoms with Crippen molar-refractivity contribution >= 4 is 22.5 Å². The average Bonchev–Trinajstić information content (AvgIpc) is 3.32. The molecule has 8 rings (SSSR count). The van der Waals surface area contributed by atoms with Crippen molar-refractivity contribution in [3.63, 3.8) is 0 Å². The van der Waals surface area contributed by atoms with Gasteiger partial charge in [0.05, 0.1) is 5.54 Å². The van der Waals surface area contributed by atoms with Gasteiger partial charge in [-0.25, -0.2) is 4.98 Å². The minimum Gasteiger partial charge on any atom is -0.282 e. The molecule has 7 aromatic rings. The van der Waals surface area contributed by atoms with Crippen LogP contribution in [0.25, 0.3) is 55.3 Å². The Morgan fingerprint density at radius 3 is 1.46 bits per heavy atom. The van der Waals surface area contributed by atoms with E-state index in [1.165, 1.54) is 0 Å². The van der Waals surface area contributed by atoms with E-state index in [1.807, 2.05) is 35.4 Å². The summed E-state index contributed by atoms with van der Waals surface area (Å²) >= 11 is 0. The summed E-state index contributed by atoms with van der Waals surface area (Å²) in [6.45, 7) is 4.24. The summed E-state index contributed by atoms with van der Waals surface area (Å²) in [7, 11) is 0. The van der Waals surface area contributed by atoms with Crippen molar-refractivity contribution in [1.29, 1.82) is 0 Å². The molecule has 0 spiro atoms. The molecule has 0 aliphatic carbocycles. The first kappa shape index (κ1) is 27.7. The maximum absolute atomic E-state index is 14.4. The number of rotatable bonds is 5. The van der Waals surface area contributed by atoms with E-state index in [2.05, 4.69) is 141 Å². The molecule has 0 saturated heterocycles. The number of carbonyl (C=O) groups is 1. The summed E-state index contributed by atoms with van der Waals surface area (Å²) < 4.78 is 0. The standard InChI is InChI=1S/C43H32N2O/c1-43(2)35-26-16-15-25-33(35)42(46)45(43)41-40-34(27-28-44-41)36(29-17-7-3-8-18-29)37(30-19-9-4-10-20-30)38(31-21-11-5-12-22-31)39(40)32-23-13-6-14-24-32/h3-28H,1-2H3. The van der Waals surface area contributed by atoms with Gasteiger partial charge in [-0.3, -0.25) is 9.69 Å². The molecule has 2 heterocycles. The number of benzene rings is 6. The topological polar surface area (TPSA) is 33.2 Å². The maximum atomic E-state index is 14.4. The highest BCUT2D eigenvalue weighted by molar-refractivity contribution is 6.24. The van der Waals surface area contributed by atoms with Gasteiger partial charge in [-0.1, -0.05) is 140 Å². The Morgan fingerprint density at radius 1 is 0.500 bits per heavy atom. The first-order chi connectivity index (χ1) is 22.6. The van der Waals surface area contributed by atoms with E-state index in [4.69, 9.17) is 4.98 Å². The number of pyridine rings is 1. The van der Waals surface area contributed by atoms with Gasteiger partial charge in [-0.2, -0.15) is 0 Å². The van der Waals surface area contributed by atoms with Crippen LogP contribution < -0.4 is 4.90 Å². The zero-order chi connectivity index (χ0) is 31.3. The predicted octanol–water partition coefficient (Wildman–Crippen LogP) is 10.8. The molecular weight excluding hydrogens is 560 g/mol. The van der Waals surface area contributed by atoms with Gasteiger partial charge in [0.25, 0.3) is 5.91 Å². The van der Waals surface area contributed by atoms with Crippen LogP contribution in [0.15, 0.2) is 158 Å². The van der Waals surface area contributed by atoms with E-state index in [9.17, 15) is 4.79 Å². The summed E-state index contributed by atoms with van der Waals surface area (Å²) in [6, 6.07) is 52.5. The zero-order valence-corrected chi connectivity index (χ0v) is 25.8. The van der Waals surface area contributed by atoms with Crippen LogP contribution in [0.4, 0.5) is 5.82 Å². The number of amides is 1. The third-order valence-corrected chi connectivity index (χ3v) is 9.24. The summed E-state index contributed by atoms with van der Waals surface area (Å²) in [5.74, 6) is 0.630. The van der Waals surface area contributed by atoms with Crippen molar-refractivity contribution in [1.82, 2.24) is 4.98 Å². The van der Waals surface area contributed by atoms with Gasteiger partial charge in [-0.15, -0.1) is 0 Å². The second-order valence-corrected chi connectivity index (χ2v) is 12.3. The Hall–Kier alpha value is -5.80. The predicted molar refractivity (Wildman–Crippen MR) is 190 cm³/mol. The van der Waals surface area contributed by atoms with Gasteiger partial charge in [-0.05, 0) is 75.9 Å². The van der Waals surface area contributed by atoms with E-state index in [1.54, 1.807) is 0 Å². The Labute approximate surface area is 269 Å². The van der Waals surface area contributed by atoms with Crippen LogP contribution in [0.1, 0.15) is 29.8 Å². The van der Waals surface area contributed by atoms with Gasteiger partial charge in [0.1, 0.15) is 5.82 Å². The maximum Gasteiger partial charge on any atom is 0.260 e. The van der Waals surface area contributed by atoms with Crippen molar-refractivity contribution in [2.75, 3.05) is 4.90 Å². The van der Waals surface area contributed by atoms with Crippen LogP contribution in [0, 0.1) is 0 Å². The molecule has 0 bridgehead atoms. The molecular formula is C43H32N2O. The van der Waals surface area contributed by atoms with E-state index in [0.717, 1.165) is 66.4 Å². The van der Waals surface area contributed by atoms with Gasteiger partial charge < -0.3 is 0 Å². The highest BCUT2D eigenvalue weighted by Gasteiger charge is 2.45. The number of aromatic nitrogens is 1. The molecule has 1 amide bonds. The van der Waals surface area contributed by atoms with Gasteiger partial charge in [0.2, 0.25) is 0 Å². The van der Waals surface area contributed by atoms with Crippen LogP contribution in [0.2, 0.25) is 0 Å². The molecule has 3 heteroatoms. The quantitative estimate of drug-likeness (QED) is 0.199. The molecule has 0 atom stereocenters. The Kier molecular flexibility index (Phi) is 6.61. The number of hydrogen-bond donors (Lipinski definition) is 0. The van der Waals surface area contributed by atoms with Crippen LogP contribution in [0.3, 0.4) is 0 Å². The first-order valence-electron chi connectivity index (χ1n) is 15.7. The first-order valence-corrected chi connectivity index (χ1v) is 15.7. The monoisotopic (exact) mass is 592 g/mol. The van der Waals surface area contributed by atoms with Crippen LogP contribution >= 0.6 is 0 Å². The second kappa shape index (κ2) is 11.0. The lowest BCUT2D eigenvalue weighted by atomic mass is 9.79. The fourth-order valence-electron chi connectivity index (χ4n) is 7.23. The molecule has 0 fully saturated rings. The molecule has 6 aromatic carbocycles. The minimum atomic E-state index is -0.610. The highest BCUT2D eigenvalue weighted by Crippen LogP contribution is 2.54. The third-order valence-electron chi connectivity index (χ3n) is 9.24. The molecule has 0 saturated carbocycles. The summed E-state index contributed by atoms with van der Waals surface area (Å²) in [5, 5.41) is 2.01. The number of fused-ring (bicyclic) bond motifs is 2. The summed E-state index contributed by atoms with van der Waals surface area (Å²) in [6.07, 6.45) is 1.86. The number of nitrogens with zero attached hydrogens (tertiary/aromatic N) is 2. The normalized spacial score (nSPS) is 13.6. The average molecular weight is 593 g/mol. The minimum absolute atomic E-state index is 0.0331. The molecule has 46 heavy (non-hydrogen) atoms. The zero-order valence-electron chi connectivity index (χ0n) is 25.8. The SMILES string of the molecule is CC1(C)c2ccccc2C(=O)N1c1nccc2c(-c3ccccc3)c(-c3ccccc3)c(-c3ccccc3)c(-c3ccccc3)c12. The molecule has 0 N–H and O–H groups in total. The molecule has 0 unspecified atom stereocenters. The smallest absolute Gasteiger partial charge is 0.260 e. The molecule has 220 valence electrons. The van der Waals surface area contributed by atoms with Gasteiger partial charge in [0, 0.05) is 22.7 Å². The largest absolute Gasteiger partial charge is 0.282 e. The summed E-state index contributed by atoms with van der Waals surface area (Å²) in [5.41, 5.74) is 9.96. The lowest BCUT2D eigenvalue weighted by molar-refractivity contribution is 0.0981. The van der Waals surface area contributed by atoms with Gasteiger partial charge >= 0.3 is 0 Å². The Balaban J connectivity index is 1.62. The van der Waals surface area contributed by atoms with Crippen molar-refractivity contribution in [3.8, 4) is 44.5 Å².